The zero-order chi connectivity index (χ0) is 12.3. The number of esters is 1. The molecule has 1 aliphatic carbocycles. The number of aryl methyl sites for hydroxylation is 1. The van der Waals surface area contributed by atoms with E-state index >= 15 is 0 Å². The van der Waals surface area contributed by atoms with Gasteiger partial charge in [0.2, 0.25) is 0 Å². The molecule has 0 aromatic heterocycles. The second-order valence-electron chi connectivity index (χ2n) is 4.09. The maximum Gasteiger partial charge on any atom is 0.308 e. The number of aliphatic hydroxyl groups excluding tert-OH is 1. The Morgan fingerprint density at radius 1 is 1.53 bits per heavy atom. The monoisotopic (exact) mass is 236 g/mol. The van der Waals surface area contributed by atoms with Gasteiger partial charge in [-0.25, -0.2) is 0 Å². The maximum atomic E-state index is 10.9. The number of ether oxygens (including phenoxy) is 2. The van der Waals surface area contributed by atoms with Crippen molar-refractivity contribution in [2.75, 3.05) is 13.7 Å². The predicted octanol–water partition coefficient (Wildman–Crippen LogP) is 1.61. The molecule has 1 aromatic rings. The molecule has 0 radical (unpaired) electrons. The van der Waals surface area contributed by atoms with Crippen LogP contribution in [0.3, 0.4) is 0 Å². The summed E-state index contributed by atoms with van der Waals surface area (Å²) in [5.41, 5.74) is 2.12. The van der Waals surface area contributed by atoms with Crippen LogP contribution in [0.1, 0.15) is 30.1 Å². The van der Waals surface area contributed by atoms with Gasteiger partial charge in [0.25, 0.3) is 0 Å². The zero-order valence-electron chi connectivity index (χ0n) is 9.81. The summed E-state index contributed by atoms with van der Waals surface area (Å²) in [7, 11) is 1.36. The molecule has 2 rings (SSSR count). The molecule has 1 unspecified atom stereocenters. The van der Waals surface area contributed by atoms with Crippen LogP contribution < -0.4 is 4.74 Å². The van der Waals surface area contributed by atoms with Crippen LogP contribution in [-0.2, 0) is 16.0 Å². The number of carbonyl (C=O) groups excluding carboxylic acids is 1. The highest BCUT2D eigenvalue weighted by Crippen LogP contribution is 2.33. The number of fused-ring (bicyclic) bond motifs is 1. The van der Waals surface area contributed by atoms with Gasteiger partial charge in [0.1, 0.15) is 5.75 Å². The van der Waals surface area contributed by atoms with Gasteiger partial charge in [-0.05, 0) is 36.1 Å². The summed E-state index contributed by atoms with van der Waals surface area (Å²) >= 11 is 0. The highest BCUT2D eigenvalue weighted by atomic mass is 16.5. The van der Waals surface area contributed by atoms with Crippen molar-refractivity contribution in [3.63, 3.8) is 0 Å². The van der Waals surface area contributed by atoms with Crippen LogP contribution in [-0.4, -0.2) is 24.8 Å². The van der Waals surface area contributed by atoms with Crippen molar-refractivity contribution in [3.8, 4) is 5.75 Å². The topological polar surface area (TPSA) is 55.8 Å². The molecule has 4 heteroatoms. The Balaban J connectivity index is 1.92. The molecule has 92 valence electrons. The molecule has 0 spiro atoms. The van der Waals surface area contributed by atoms with E-state index in [1.807, 2.05) is 18.2 Å². The minimum Gasteiger partial charge on any atom is -0.493 e. The predicted molar refractivity (Wildman–Crippen MR) is 61.9 cm³/mol. The SMILES string of the molecule is COC(=O)CCOc1ccc2c(c1)CCC2O. The van der Waals surface area contributed by atoms with E-state index in [-0.39, 0.29) is 18.5 Å². The number of rotatable bonds is 4. The van der Waals surface area contributed by atoms with Crippen molar-refractivity contribution < 1.29 is 19.4 Å². The van der Waals surface area contributed by atoms with E-state index in [1.165, 1.54) is 7.11 Å². The lowest BCUT2D eigenvalue weighted by Crippen LogP contribution is -2.07. The molecule has 0 fully saturated rings. The van der Waals surface area contributed by atoms with Crippen LogP contribution >= 0.6 is 0 Å². The fourth-order valence-electron chi connectivity index (χ4n) is 2.02. The van der Waals surface area contributed by atoms with E-state index in [9.17, 15) is 9.90 Å². The second kappa shape index (κ2) is 5.19. The molecule has 1 atom stereocenters. The minimum atomic E-state index is -0.339. The molecule has 4 nitrogen and oxygen atoms in total. The first kappa shape index (κ1) is 11.9. The number of methoxy groups -OCH3 is 1. The Kier molecular flexibility index (Phi) is 3.64. The van der Waals surface area contributed by atoms with Crippen LogP contribution in [0.5, 0.6) is 5.75 Å². The Hall–Kier alpha value is -1.55. The summed E-state index contributed by atoms with van der Waals surface area (Å²) in [6.07, 6.45) is 1.57. The maximum absolute atomic E-state index is 10.9. The van der Waals surface area contributed by atoms with Gasteiger partial charge in [0.15, 0.2) is 0 Å². The normalized spacial score (nSPS) is 17.6. The fourth-order valence-corrected chi connectivity index (χ4v) is 2.02. The Morgan fingerprint density at radius 2 is 2.35 bits per heavy atom. The van der Waals surface area contributed by atoms with E-state index in [1.54, 1.807) is 0 Å². The van der Waals surface area contributed by atoms with Crippen molar-refractivity contribution in [2.45, 2.75) is 25.4 Å². The molecule has 0 amide bonds. The van der Waals surface area contributed by atoms with Gasteiger partial charge in [-0.2, -0.15) is 0 Å². The van der Waals surface area contributed by atoms with Crippen LogP contribution in [0.25, 0.3) is 0 Å². The molecule has 0 saturated heterocycles. The summed E-state index contributed by atoms with van der Waals surface area (Å²) in [5.74, 6) is 0.461. The summed E-state index contributed by atoms with van der Waals surface area (Å²) < 4.78 is 9.98. The highest BCUT2D eigenvalue weighted by Gasteiger charge is 2.20. The summed E-state index contributed by atoms with van der Waals surface area (Å²) in [6.45, 7) is 0.314. The average molecular weight is 236 g/mol. The molecule has 17 heavy (non-hydrogen) atoms. The number of benzene rings is 1. The molecule has 0 aliphatic heterocycles. The Bertz CT molecular complexity index is 414. The first-order valence-electron chi connectivity index (χ1n) is 5.71. The Morgan fingerprint density at radius 3 is 3.12 bits per heavy atom. The minimum absolute atomic E-state index is 0.246. The molecule has 1 N–H and O–H groups in total. The largest absolute Gasteiger partial charge is 0.493 e. The Labute approximate surface area is 100 Å². The number of aliphatic hydroxyl groups is 1. The number of carbonyl (C=O) groups is 1. The highest BCUT2D eigenvalue weighted by molar-refractivity contribution is 5.69. The first-order chi connectivity index (χ1) is 8.20. The van der Waals surface area contributed by atoms with Crippen LogP contribution in [0, 0.1) is 0 Å². The van der Waals surface area contributed by atoms with Gasteiger partial charge in [0, 0.05) is 0 Å². The van der Waals surface area contributed by atoms with E-state index in [0.717, 1.165) is 29.7 Å². The van der Waals surface area contributed by atoms with Gasteiger partial charge in [-0.15, -0.1) is 0 Å². The molecule has 0 saturated carbocycles. The molecular formula is C13H16O4. The standard InChI is InChI=1S/C13H16O4/c1-16-13(15)6-7-17-10-3-4-11-9(8-10)2-5-12(11)14/h3-4,8,12,14H,2,5-7H2,1H3. The second-order valence-corrected chi connectivity index (χ2v) is 4.09. The molecular weight excluding hydrogens is 220 g/mol. The summed E-state index contributed by atoms with van der Waals surface area (Å²) in [6, 6.07) is 5.65. The smallest absolute Gasteiger partial charge is 0.308 e. The lowest BCUT2D eigenvalue weighted by Gasteiger charge is -2.08. The summed E-state index contributed by atoms with van der Waals surface area (Å²) in [5, 5.41) is 9.65. The third kappa shape index (κ3) is 2.77. The average Bonchev–Trinajstić information content (AvgIpc) is 2.70. The van der Waals surface area contributed by atoms with E-state index in [0.29, 0.717) is 6.61 Å². The molecule has 0 heterocycles. The first-order valence-corrected chi connectivity index (χ1v) is 5.71. The van der Waals surface area contributed by atoms with Crippen LogP contribution in [0.15, 0.2) is 18.2 Å². The van der Waals surface area contributed by atoms with Gasteiger partial charge in [-0.1, -0.05) is 6.07 Å². The van der Waals surface area contributed by atoms with Crippen molar-refractivity contribution in [1.29, 1.82) is 0 Å². The number of hydrogen-bond acceptors (Lipinski definition) is 4. The van der Waals surface area contributed by atoms with Crippen LogP contribution in [0.4, 0.5) is 0 Å². The molecule has 1 aromatic carbocycles. The molecule has 0 bridgehead atoms. The lowest BCUT2D eigenvalue weighted by atomic mass is 10.1. The summed E-state index contributed by atoms with van der Waals surface area (Å²) in [4.78, 5) is 10.9. The van der Waals surface area contributed by atoms with E-state index in [4.69, 9.17) is 4.74 Å². The van der Waals surface area contributed by atoms with Crippen molar-refractivity contribution in [2.24, 2.45) is 0 Å². The zero-order valence-corrected chi connectivity index (χ0v) is 9.81. The quantitative estimate of drug-likeness (QED) is 0.807. The van der Waals surface area contributed by atoms with Crippen LogP contribution in [0.2, 0.25) is 0 Å². The lowest BCUT2D eigenvalue weighted by molar-refractivity contribution is -0.141. The van der Waals surface area contributed by atoms with Gasteiger partial charge < -0.3 is 14.6 Å². The van der Waals surface area contributed by atoms with Gasteiger partial charge >= 0.3 is 5.97 Å². The van der Waals surface area contributed by atoms with Crippen molar-refractivity contribution >= 4 is 5.97 Å². The van der Waals surface area contributed by atoms with E-state index < -0.39 is 0 Å². The third-order valence-electron chi connectivity index (χ3n) is 2.96. The molecule has 1 aliphatic rings. The van der Waals surface area contributed by atoms with Gasteiger partial charge in [-0.3, -0.25) is 4.79 Å². The van der Waals surface area contributed by atoms with Crippen molar-refractivity contribution in [3.05, 3.63) is 29.3 Å². The number of hydrogen-bond donors (Lipinski definition) is 1. The third-order valence-corrected chi connectivity index (χ3v) is 2.96. The fraction of sp³-hybridized carbons (Fsp3) is 0.462. The van der Waals surface area contributed by atoms with E-state index in [2.05, 4.69) is 4.74 Å². The van der Waals surface area contributed by atoms with Gasteiger partial charge in [0.05, 0.1) is 26.2 Å². The van der Waals surface area contributed by atoms with Crippen molar-refractivity contribution in [1.82, 2.24) is 0 Å².